The molecule has 73 valence electrons. The van der Waals surface area contributed by atoms with Gasteiger partial charge in [-0.05, 0) is 13.8 Å². The molecule has 0 bridgehead atoms. The van der Waals surface area contributed by atoms with Gasteiger partial charge in [0.05, 0.1) is 6.20 Å². The van der Waals surface area contributed by atoms with E-state index < -0.39 is 5.54 Å². The molecule has 0 aliphatic heterocycles. The first kappa shape index (κ1) is 8.93. The zero-order valence-electron chi connectivity index (χ0n) is 8.35. The fourth-order valence-electron chi connectivity index (χ4n) is 1.18. The summed E-state index contributed by atoms with van der Waals surface area (Å²) in [5.74, 6) is 1.11. The van der Waals surface area contributed by atoms with Crippen LogP contribution in [0.15, 0.2) is 16.8 Å². The van der Waals surface area contributed by atoms with Crippen LogP contribution in [-0.2, 0) is 5.54 Å². The molecule has 0 unspecified atom stereocenters. The van der Waals surface area contributed by atoms with Crippen molar-refractivity contribution in [3.05, 3.63) is 30.2 Å². The van der Waals surface area contributed by atoms with Gasteiger partial charge in [-0.1, -0.05) is 0 Å². The maximum atomic E-state index is 5.38. The summed E-state index contributed by atoms with van der Waals surface area (Å²) in [6.07, 6.45) is 3.35. The van der Waals surface area contributed by atoms with Gasteiger partial charge in [-0.2, -0.15) is 5.10 Å². The average Bonchev–Trinajstić information content (AvgIpc) is 2.72. The van der Waals surface area contributed by atoms with Gasteiger partial charge in [-0.3, -0.25) is 4.68 Å². The Morgan fingerprint density at radius 3 is 2.71 bits per heavy atom. The van der Waals surface area contributed by atoms with Crippen LogP contribution in [0.2, 0.25) is 0 Å². The van der Waals surface area contributed by atoms with Crippen molar-refractivity contribution in [2.75, 3.05) is 0 Å². The standard InChI is InChI=1S/C9H11N4O/c1-7-11-12-8(14-7)9(2,3)13-6-4-5-10-13/h5-6H,1-3H3. The summed E-state index contributed by atoms with van der Waals surface area (Å²) in [6.45, 7) is 5.68. The van der Waals surface area contributed by atoms with Crippen LogP contribution in [0.3, 0.4) is 0 Å². The molecular formula is C9H11N4O. The summed E-state index contributed by atoms with van der Waals surface area (Å²) in [5.41, 5.74) is -0.429. The molecule has 0 aromatic carbocycles. The topological polar surface area (TPSA) is 56.7 Å². The Labute approximate surface area is 81.8 Å². The SMILES string of the molecule is Cc1nnc(C(C)(C)n2c[c]cn2)o1. The summed E-state index contributed by atoms with van der Waals surface area (Å²) in [5, 5.41) is 11.9. The molecule has 0 aliphatic carbocycles. The highest BCUT2D eigenvalue weighted by Gasteiger charge is 2.29. The summed E-state index contributed by atoms with van der Waals surface area (Å²) in [7, 11) is 0. The summed E-state index contributed by atoms with van der Waals surface area (Å²) in [4.78, 5) is 0. The molecule has 0 aliphatic rings. The molecule has 0 atom stereocenters. The van der Waals surface area contributed by atoms with Gasteiger partial charge in [-0.25, -0.2) is 0 Å². The van der Waals surface area contributed by atoms with Gasteiger partial charge < -0.3 is 4.42 Å². The lowest BCUT2D eigenvalue weighted by atomic mass is 10.1. The molecule has 2 heterocycles. The number of rotatable bonds is 2. The molecule has 0 fully saturated rings. The van der Waals surface area contributed by atoms with Crippen LogP contribution in [0.1, 0.15) is 25.6 Å². The third kappa shape index (κ3) is 1.30. The Bertz CT molecular complexity index is 416. The number of aromatic nitrogens is 4. The van der Waals surface area contributed by atoms with E-state index in [1.54, 1.807) is 24.0 Å². The maximum absolute atomic E-state index is 5.38. The van der Waals surface area contributed by atoms with Gasteiger partial charge >= 0.3 is 0 Å². The lowest BCUT2D eigenvalue weighted by Crippen LogP contribution is -2.28. The van der Waals surface area contributed by atoms with Crippen molar-refractivity contribution in [3.8, 4) is 0 Å². The minimum Gasteiger partial charge on any atom is -0.423 e. The second-order valence-corrected chi connectivity index (χ2v) is 3.57. The van der Waals surface area contributed by atoms with Crippen LogP contribution >= 0.6 is 0 Å². The molecule has 2 aromatic rings. The highest BCUT2D eigenvalue weighted by Crippen LogP contribution is 2.22. The number of aryl methyl sites for hydroxylation is 1. The van der Waals surface area contributed by atoms with E-state index in [9.17, 15) is 0 Å². The molecule has 2 rings (SSSR count). The molecule has 0 N–H and O–H groups in total. The molecule has 2 aromatic heterocycles. The molecule has 5 heteroatoms. The maximum Gasteiger partial charge on any atom is 0.243 e. The van der Waals surface area contributed by atoms with Crippen LogP contribution in [0.5, 0.6) is 0 Å². The zero-order chi connectivity index (χ0) is 10.2. The Balaban J connectivity index is 2.42. The Morgan fingerprint density at radius 1 is 1.43 bits per heavy atom. The Morgan fingerprint density at radius 2 is 2.21 bits per heavy atom. The first-order valence-corrected chi connectivity index (χ1v) is 4.32. The highest BCUT2D eigenvalue weighted by atomic mass is 16.4. The minimum absolute atomic E-state index is 0.429. The van der Waals surface area contributed by atoms with Gasteiger partial charge in [0.1, 0.15) is 5.54 Å². The lowest BCUT2D eigenvalue weighted by molar-refractivity contribution is 0.293. The molecule has 1 radical (unpaired) electrons. The molecule has 0 saturated heterocycles. The first-order chi connectivity index (χ1) is 6.60. The molecule has 0 saturated carbocycles. The van der Waals surface area contributed by atoms with E-state index in [0.717, 1.165) is 0 Å². The number of nitrogens with zero attached hydrogens (tertiary/aromatic N) is 4. The Kier molecular flexibility index (Phi) is 1.87. The van der Waals surface area contributed by atoms with Crippen molar-refractivity contribution < 1.29 is 4.42 Å². The molecular weight excluding hydrogens is 180 g/mol. The fraction of sp³-hybridized carbons (Fsp3) is 0.444. The van der Waals surface area contributed by atoms with Gasteiger partial charge in [-0.15, -0.1) is 10.2 Å². The fourth-order valence-corrected chi connectivity index (χ4v) is 1.18. The van der Waals surface area contributed by atoms with Crippen molar-refractivity contribution in [2.45, 2.75) is 26.3 Å². The highest BCUT2D eigenvalue weighted by molar-refractivity contribution is 5.00. The third-order valence-corrected chi connectivity index (χ3v) is 2.08. The molecule has 0 spiro atoms. The van der Waals surface area contributed by atoms with Crippen LogP contribution in [0.4, 0.5) is 0 Å². The average molecular weight is 191 g/mol. The van der Waals surface area contributed by atoms with E-state index in [-0.39, 0.29) is 0 Å². The van der Waals surface area contributed by atoms with Crippen molar-refractivity contribution in [1.82, 2.24) is 20.0 Å². The quantitative estimate of drug-likeness (QED) is 0.714. The number of hydrogen-bond donors (Lipinski definition) is 0. The predicted octanol–water partition coefficient (Wildman–Crippen LogP) is 1.16. The largest absolute Gasteiger partial charge is 0.423 e. The third-order valence-electron chi connectivity index (χ3n) is 2.08. The molecule has 14 heavy (non-hydrogen) atoms. The summed E-state index contributed by atoms with van der Waals surface area (Å²) in [6, 6.07) is 2.87. The molecule has 5 nitrogen and oxygen atoms in total. The van der Waals surface area contributed by atoms with E-state index in [1.807, 2.05) is 13.8 Å². The smallest absolute Gasteiger partial charge is 0.243 e. The van der Waals surface area contributed by atoms with E-state index in [4.69, 9.17) is 4.42 Å². The molecule has 0 amide bonds. The van der Waals surface area contributed by atoms with Gasteiger partial charge in [0.25, 0.3) is 0 Å². The van der Waals surface area contributed by atoms with Gasteiger partial charge in [0.15, 0.2) is 0 Å². The van der Waals surface area contributed by atoms with Gasteiger partial charge in [0, 0.05) is 19.2 Å². The lowest BCUT2D eigenvalue weighted by Gasteiger charge is -2.20. The van der Waals surface area contributed by atoms with E-state index in [2.05, 4.69) is 21.4 Å². The van der Waals surface area contributed by atoms with Crippen LogP contribution in [0, 0.1) is 13.0 Å². The second kappa shape index (κ2) is 2.94. The zero-order valence-corrected chi connectivity index (χ0v) is 8.35. The van der Waals surface area contributed by atoms with E-state index >= 15 is 0 Å². The van der Waals surface area contributed by atoms with E-state index in [0.29, 0.717) is 11.8 Å². The summed E-state index contributed by atoms with van der Waals surface area (Å²) < 4.78 is 7.11. The minimum atomic E-state index is -0.429. The monoisotopic (exact) mass is 191 g/mol. The van der Waals surface area contributed by atoms with Crippen molar-refractivity contribution in [2.24, 2.45) is 0 Å². The second-order valence-electron chi connectivity index (χ2n) is 3.57. The van der Waals surface area contributed by atoms with Crippen LogP contribution in [0.25, 0.3) is 0 Å². The van der Waals surface area contributed by atoms with Crippen molar-refractivity contribution in [3.63, 3.8) is 0 Å². The predicted molar refractivity (Wildman–Crippen MR) is 48.5 cm³/mol. The van der Waals surface area contributed by atoms with Gasteiger partial charge in [0.2, 0.25) is 11.8 Å². The normalized spacial score (nSPS) is 11.9. The first-order valence-electron chi connectivity index (χ1n) is 4.32. The summed E-state index contributed by atoms with van der Waals surface area (Å²) >= 11 is 0. The van der Waals surface area contributed by atoms with Crippen molar-refractivity contribution >= 4 is 0 Å². The van der Waals surface area contributed by atoms with Crippen LogP contribution < -0.4 is 0 Å². The van der Waals surface area contributed by atoms with Crippen molar-refractivity contribution in [1.29, 1.82) is 0 Å². The van der Waals surface area contributed by atoms with Crippen LogP contribution in [-0.4, -0.2) is 20.0 Å². The Hall–Kier alpha value is -1.65. The number of hydrogen-bond acceptors (Lipinski definition) is 4. The van der Waals surface area contributed by atoms with E-state index in [1.165, 1.54) is 0 Å².